The number of halogens is 1. The molecule has 0 radical (unpaired) electrons. The van der Waals surface area contributed by atoms with Crippen molar-refractivity contribution in [2.45, 2.75) is 20.3 Å². The van der Waals surface area contributed by atoms with E-state index in [1.807, 2.05) is 17.5 Å². The highest BCUT2D eigenvalue weighted by Gasteiger charge is 2.08. The minimum atomic E-state index is -0.118. The summed E-state index contributed by atoms with van der Waals surface area (Å²) in [7, 11) is 0. The van der Waals surface area contributed by atoms with Gasteiger partial charge in [0.25, 0.3) is 0 Å². The van der Waals surface area contributed by atoms with Gasteiger partial charge in [0.2, 0.25) is 0 Å². The van der Waals surface area contributed by atoms with Crippen molar-refractivity contribution in [1.82, 2.24) is 4.90 Å². The molecular formula is C16H22FNOS. The molecule has 1 aromatic heterocycles. The summed E-state index contributed by atoms with van der Waals surface area (Å²) >= 11 is 1.60. The standard InChI is InChI=1S/C16H22FNOS/c1-3-18(4-2)9-11-19-10-7-14-15(17)6-5-13-8-12-20-16(13)14/h5-6,8,12H,3-4,7,9-11H2,1-2H3. The molecule has 0 saturated heterocycles. The Balaban J connectivity index is 1.84. The van der Waals surface area contributed by atoms with E-state index in [0.717, 1.165) is 35.3 Å². The van der Waals surface area contributed by atoms with Crippen molar-refractivity contribution in [3.8, 4) is 0 Å². The number of likely N-dealkylation sites (N-methyl/N-ethyl adjacent to an activating group) is 1. The lowest BCUT2D eigenvalue weighted by atomic mass is 10.1. The molecule has 2 nitrogen and oxygen atoms in total. The Hall–Kier alpha value is -0.970. The maximum absolute atomic E-state index is 13.9. The third-order valence-corrected chi connectivity index (χ3v) is 4.60. The van der Waals surface area contributed by atoms with Crippen molar-refractivity contribution >= 4 is 21.4 Å². The molecule has 0 aliphatic heterocycles. The number of rotatable bonds is 8. The molecular weight excluding hydrogens is 273 g/mol. The van der Waals surface area contributed by atoms with Gasteiger partial charge in [0, 0.05) is 23.2 Å². The van der Waals surface area contributed by atoms with Gasteiger partial charge in [-0.15, -0.1) is 11.3 Å². The van der Waals surface area contributed by atoms with Gasteiger partial charge < -0.3 is 9.64 Å². The van der Waals surface area contributed by atoms with Crippen LogP contribution in [0.4, 0.5) is 4.39 Å². The molecule has 0 N–H and O–H groups in total. The van der Waals surface area contributed by atoms with Crippen LogP contribution in [-0.4, -0.2) is 37.7 Å². The van der Waals surface area contributed by atoms with Crippen LogP contribution >= 0.6 is 11.3 Å². The van der Waals surface area contributed by atoms with E-state index in [2.05, 4.69) is 18.7 Å². The van der Waals surface area contributed by atoms with Gasteiger partial charge in [-0.3, -0.25) is 0 Å². The average molecular weight is 295 g/mol. The van der Waals surface area contributed by atoms with Crippen LogP contribution in [-0.2, 0) is 11.2 Å². The monoisotopic (exact) mass is 295 g/mol. The Morgan fingerprint density at radius 1 is 1.15 bits per heavy atom. The molecule has 0 fully saturated rings. The van der Waals surface area contributed by atoms with Gasteiger partial charge in [-0.05, 0) is 36.0 Å². The van der Waals surface area contributed by atoms with E-state index in [1.54, 1.807) is 17.4 Å². The van der Waals surface area contributed by atoms with Crippen molar-refractivity contribution in [1.29, 1.82) is 0 Å². The molecule has 0 aliphatic rings. The van der Waals surface area contributed by atoms with Crippen LogP contribution in [0.2, 0.25) is 0 Å². The number of hydrogen-bond acceptors (Lipinski definition) is 3. The van der Waals surface area contributed by atoms with E-state index in [0.29, 0.717) is 19.6 Å². The van der Waals surface area contributed by atoms with Crippen LogP contribution in [0.25, 0.3) is 10.1 Å². The lowest BCUT2D eigenvalue weighted by Gasteiger charge is -2.17. The van der Waals surface area contributed by atoms with Crippen LogP contribution < -0.4 is 0 Å². The van der Waals surface area contributed by atoms with E-state index in [9.17, 15) is 4.39 Å². The van der Waals surface area contributed by atoms with Gasteiger partial charge in [-0.25, -0.2) is 4.39 Å². The second kappa shape index (κ2) is 7.72. The summed E-state index contributed by atoms with van der Waals surface area (Å²) in [6.07, 6.45) is 0.641. The summed E-state index contributed by atoms with van der Waals surface area (Å²) in [5.41, 5.74) is 0.792. The molecule has 0 amide bonds. The normalized spacial score (nSPS) is 11.6. The van der Waals surface area contributed by atoms with Gasteiger partial charge in [-0.1, -0.05) is 19.9 Å². The number of hydrogen-bond donors (Lipinski definition) is 0. The summed E-state index contributed by atoms with van der Waals surface area (Å²) in [4.78, 5) is 2.32. The summed E-state index contributed by atoms with van der Waals surface area (Å²) in [5, 5.41) is 3.13. The summed E-state index contributed by atoms with van der Waals surface area (Å²) in [6, 6.07) is 5.43. The second-order valence-corrected chi connectivity index (χ2v) is 5.67. The van der Waals surface area contributed by atoms with Crippen molar-refractivity contribution in [2.75, 3.05) is 32.8 Å². The first-order valence-corrected chi connectivity index (χ1v) is 8.08. The highest BCUT2D eigenvalue weighted by Crippen LogP contribution is 2.27. The fraction of sp³-hybridized carbons (Fsp3) is 0.500. The molecule has 2 aromatic rings. The Bertz CT molecular complexity index is 536. The molecule has 1 heterocycles. The van der Waals surface area contributed by atoms with Gasteiger partial charge in [0.1, 0.15) is 5.82 Å². The Kier molecular flexibility index (Phi) is 5.95. The van der Waals surface area contributed by atoms with Crippen LogP contribution in [0.3, 0.4) is 0 Å². The van der Waals surface area contributed by atoms with Crippen LogP contribution in [0.15, 0.2) is 23.6 Å². The van der Waals surface area contributed by atoms with Crippen LogP contribution in [0.5, 0.6) is 0 Å². The number of thiophene rings is 1. The molecule has 2 rings (SSSR count). The van der Waals surface area contributed by atoms with E-state index >= 15 is 0 Å². The fourth-order valence-electron chi connectivity index (χ4n) is 2.31. The Morgan fingerprint density at radius 2 is 1.95 bits per heavy atom. The first kappa shape index (κ1) is 15.4. The lowest BCUT2D eigenvalue weighted by molar-refractivity contribution is 0.109. The minimum absolute atomic E-state index is 0.118. The maximum Gasteiger partial charge on any atom is 0.127 e. The first-order chi connectivity index (χ1) is 9.76. The second-order valence-electron chi connectivity index (χ2n) is 4.75. The molecule has 0 saturated carbocycles. The van der Waals surface area contributed by atoms with Crippen molar-refractivity contribution in [3.63, 3.8) is 0 Å². The average Bonchev–Trinajstić information content (AvgIpc) is 2.93. The quantitative estimate of drug-likeness (QED) is 0.684. The van der Waals surface area contributed by atoms with Gasteiger partial charge in [-0.2, -0.15) is 0 Å². The summed E-state index contributed by atoms with van der Waals surface area (Å²) < 4.78 is 20.6. The van der Waals surface area contributed by atoms with Crippen LogP contribution in [0, 0.1) is 5.82 Å². The third kappa shape index (κ3) is 3.78. The van der Waals surface area contributed by atoms with Gasteiger partial charge >= 0.3 is 0 Å². The van der Waals surface area contributed by atoms with Gasteiger partial charge in [0.05, 0.1) is 13.2 Å². The molecule has 0 atom stereocenters. The smallest absolute Gasteiger partial charge is 0.127 e. The highest BCUT2D eigenvalue weighted by atomic mass is 32.1. The zero-order valence-corrected chi connectivity index (χ0v) is 13.0. The molecule has 0 aliphatic carbocycles. The van der Waals surface area contributed by atoms with Crippen LogP contribution in [0.1, 0.15) is 19.4 Å². The molecule has 0 bridgehead atoms. The van der Waals surface area contributed by atoms with Crippen molar-refractivity contribution in [3.05, 3.63) is 35.0 Å². The van der Waals surface area contributed by atoms with Crippen molar-refractivity contribution < 1.29 is 9.13 Å². The largest absolute Gasteiger partial charge is 0.380 e. The molecule has 1 aromatic carbocycles. The number of fused-ring (bicyclic) bond motifs is 1. The Morgan fingerprint density at radius 3 is 2.70 bits per heavy atom. The number of nitrogens with zero attached hydrogens (tertiary/aromatic N) is 1. The third-order valence-electron chi connectivity index (χ3n) is 3.61. The van der Waals surface area contributed by atoms with E-state index < -0.39 is 0 Å². The SMILES string of the molecule is CCN(CC)CCOCCc1c(F)ccc2ccsc12. The molecule has 0 unspecified atom stereocenters. The lowest BCUT2D eigenvalue weighted by Crippen LogP contribution is -2.27. The molecule has 20 heavy (non-hydrogen) atoms. The Labute approximate surface area is 124 Å². The maximum atomic E-state index is 13.9. The van der Waals surface area contributed by atoms with Crippen molar-refractivity contribution in [2.24, 2.45) is 0 Å². The topological polar surface area (TPSA) is 12.5 Å². The zero-order chi connectivity index (χ0) is 14.4. The van der Waals surface area contributed by atoms with E-state index in [-0.39, 0.29) is 5.82 Å². The van der Waals surface area contributed by atoms with E-state index in [4.69, 9.17) is 4.74 Å². The number of benzene rings is 1. The van der Waals surface area contributed by atoms with Gasteiger partial charge in [0.15, 0.2) is 0 Å². The number of ether oxygens (including phenoxy) is 1. The highest BCUT2D eigenvalue weighted by molar-refractivity contribution is 7.17. The summed E-state index contributed by atoms with van der Waals surface area (Å²) in [5.74, 6) is -0.118. The molecule has 4 heteroatoms. The minimum Gasteiger partial charge on any atom is -0.380 e. The molecule has 110 valence electrons. The summed E-state index contributed by atoms with van der Waals surface area (Å²) in [6.45, 7) is 8.62. The van der Waals surface area contributed by atoms with E-state index in [1.165, 1.54) is 0 Å². The zero-order valence-electron chi connectivity index (χ0n) is 12.2. The fourth-order valence-corrected chi connectivity index (χ4v) is 3.28. The predicted octanol–water partition coefficient (Wildman–Crippen LogP) is 3.94. The predicted molar refractivity (Wildman–Crippen MR) is 84.1 cm³/mol. The first-order valence-electron chi connectivity index (χ1n) is 7.21. The molecule has 0 spiro atoms.